The van der Waals surface area contributed by atoms with Gasteiger partial charge in [0, 0.05) is 16.8 Å². The number of anilines is 2. The van der Waals surface area contributed by atoms with E-state index in [0.29, 0.717) is 22.9 Å². The van der Waals surface area contributed by atoms with Gasteiger partial charge in [-0.25, -0.2) is 9.78 Å². The predicted octanol–water partition coefficient (Wildman–Crippen LogP) is 4.27. The van der Waals surface area contributed by atoms with Crippen molar-refractivity contribution in [1.29, 1.82) is 0 Å². The second kappa shape index (κ2) is 8.03. The number of hydrogen-bond donors (Lipinski definition) is 3. The topological polar surface area (TPSA) is 96.3 Å². The van der Waals surface area contributed by atoms with E-state index < -0.39 is 5.91 Å². The van der Waals surface area contributed by atoms with Crippen LogP contribution >= 0.6 is 22.9 Å². The van der Waals surface area contributed by atoms with Crippen LogP contribution in [-0.4, -0.2) is 16.9 Å². The Hall–Kier alpha value is -2.84. The Morgan fingerprint density at radius 3 is 2.77 bits per heavy atom. The van der Waals surface area contributed by atoms with Gasteiger partial charge in [0.15, 0.2) is 5.76 Å². The van der Waals surface area contributed by atoms with Crippen LogP contribution in [0.25, 0.3) is 0 Å². The number of thiazole rings is 1. The van der Waals surface area contributed by atoms with E-state index in [4.69, 9.17) is 16.0 Å². The van der Waals surface area contributed by atoms with Crippen LogP contribution in [0.4, 0.5) is 16.2 Å². The Morgan fingerprint density at radius 2 is 2.12 bits per heavy atom. The fourth-order valence-electron chi connectivity index (χ4n) is 2.12. The van der Waals surface area contributed by atoms with E-state index in [-0.39, 0.29) is 11.8 Å². The van der Waals surface area contributed by atoms with Gasteiger partial charge in [-0.1, -0.05) is 11.6 Å². The number of aryl methyl sites for hydroxylation is 1. The van der Waals surface area contributed by atoms with Crippen molar-refractivity contribution in [3.8, 4) is 0 Å². The normalized spacial score (nSPS) is 10.4. The summed E-state index contributed by atoms with van der Waals surface area (Å²) in [6.45, 7) is 2.30. The lowest BCUT2D eigenvalue weighted by atomic mass is 10.2. The second-order valence-corrected chi connectivity index (χ2v) is 7.01. The highest BCUT2D eigenvalue weighted by atomic mass is 35.5. The minimum Gasteiger partial charge on any atom is -0.459 e. The standard InChI is InChI=1S/C17H15ClN4O3S/c1-10-19-8-12(26-10)9-20-17(24)21-11-4-5-14(13(18)7-11)22-16(23)15-3-2-6-25-15/h2-8H,9H2,1H3,(H,22,23)(H2,20,21,24). The zero-order chi connectivity index (χ0) is 18.5. The molecule has 0 atom stereocenters. The average Bonchev–Trinajstić information content (AvgIpc) is 3.27. The van der Waals surface area contributed by atoms with E-state index in [1.807, 2.05) is 6.92 Å². The first-order chi connectivity index (χ1) is 12.5. The van der Waals surface area contributed by atoms with Gasteiger partial charge in [-0.2, -0.15) is 0 Å². The summed E-state index contributed by atoms with van der Waals surface area (Å²) in [7, 11) is 0. The number of hydrogen-bond acceptors (Lipinski definition) is 5. The van der Waals surface area contributed by atoms with Crippen molar-refractivity contribution in [3.63, 3.8) is 0 Å². The summed E-state index contributed by atoms with van der Waals surface area (Å²) in [6.07, 6.45) is 3.14. The van der Waals surface area contributed by atoms with Crippen LogP contribution in [0.2, 0.25) is 5.02 Å². The molecule has 0 unspecified atom stereocenters. The number of amides is 3. The lowest BCUT2D eigenvalue weighted by Gasteiger charge is -2.10. The highest BCUT2D eigenvalue weighted by molar-refractivity contribution is 7.11. The Balaban J connectivity index is 1.56. The zero-order valence-electron chi connectivity index (χ0n) is 13.7. The van der Waals surface area contributed by atoms with Gasteiger partial charge in [0.1, 0.15) is 0 Å². The molecule has 1 aromatic carbocycles. The summed E-state index contributed by atoms with van der Waals surface area (Å²) in [5.41, 5.74) is 0.920. The van der Waals surface area contributed by atoms with Gasteiger partial charge in [-0.05, 0) is 37.3 Å². The highest BCUT2D eigenvalue weighted by Crippen LogP contribution is 2.26. The number of aromatic nitrogens is 1. The first kappa shape index (κ1) is 18.0. The monoisotopic (exact) mass is 390 g/mol. The van der Waals surface area contributed by atoms with Crippen LogP contribution in [0.5, 0.6) is 0 Å². The predicted molar refractivity (Wildman–Crippen MR) is 101 cm³/mol. The number of benzene rings is 1. The molecule has 0 aliphatic rings. The van der Waals surface area contributed by atoms with Crippen LogP contribution in [0.15, 0.2) is 47.2 Å². The van der Waals surface area contributed by atoms with Crippen LogP contribution in [0.3, 0.4) is 0 Å². The SMILES string of the molecule is Cc1ncc(CNC(=O)Nc2ccc(NC(=O)c3ccco3)c(Cl)c2)s1. The molecule has 0 fully saturated rings. The third kappa shape index (κ3) is 4.62. The van der Waals surface area contributed by atoms with Crippen LogP contribution in [-0.2, 0) is 6.54 Å². The molecule has 0 radical (unpaired) electrons. The Labute approximate surface area is 158 Å². The van der Waals surface area contributed by atoms with E-state index >= 15 is 0 Å². The maximum atomic E-state index is 12.0. The quantitative estimate of drug-likeness (QED) is 0.606. The van der Waals surface area contributed by atoms with Crippen LogP contribution < -0.4 is 16.0 Å². The molecule has 0 aliphatic carbocycles. The van der Waals surface area contributed by atoms with Crippen molar-refractivity contribution in [2.45, 2.75) is 13.5 Å². The molecule has 0 saturated carbocycles. The minimum atomic E-state index is -0.407. The summed E-state index contributed by atoms with van der Waals surface area (Å²) in [5, 5.41) is 9.31. The molecule has 3 aromatic rings. The first-order valence-electron chi connectivity index (χ1n) is 7.62. The maximum absolute atomic E-state index is 12.0. The van der Waals surface area contributed by atoms with Crippen molar-refractivity contribution in [1.82, 2.24) is 10.3 Å². The van der Waals surface area contributed by atoms with Gasteiger partial charge < -0.3 is 20.4 Å². The molecule has 0 saturated heterocycles. The summed E-state index contributed by atoms with van der Waals surface area (Å²) in [6, 6.07) is 7.60. The first-order valence-corrected chi connectivity index (χ1v) is 8.81. The van der Waals surface area contributed by atoms with Crippen molar-refractivity contribution in [2.75, 3.05) is 10.6 Å². The molecule has 3 amide bonds. The van der Waals surface area contributed by atoms with Crippen molar-refractivity contribution < 1.29 is 14.0 Å². The maximum Gasteiger partial charge on any atom is 0.319 e. The molecular weight excluding hydrogens is 376 g/mol. The highest BCUT2D eigenvalue weighted by Gasteiger charge is 2.12. The molecule has 0 bridgehead atoms. The number of urea groups is 1. The molecule has 2 aromatic heterocycles. The van der Waals surface area contributed by atoms with E-state index in [1.165, 1.54) is 17.6 Å². The number of rotatable bonds is 5. The molecule has 26 heavy (non-hydrogen) atoms. The molecule has 2 heterocycles. The average molecular weight is 391 g/mol. The summed E-state index contributed by atoms with van der Waals surface area (Å²) in [5.74, 6) is -0.226. The van der Waals surface area contributed by atoms with Gasteiger partial charge >= 0.3 is 6.03 Å². The number of furan rings is 1. The lowest BCUT2D eigenvalue weighted by molar-refractivity contribution is 0.0996. The van der Waals surface area contributed by atoms with Crippen molar-refractivity contribution >= 4 is 46.3 Å². The fraction of sp³-hybridized carbons (Fsp3) is 0.118. The van der Waals surface area contributed by atoms with E-state index in [2.05, 4.69) is 20.9 Å². The third-order valence-electron chi connectivity index (χ3n) is 3.31. The number of carbonyl (C=O) groups excluding carboxylic acids is 2. The van der Waals surface area contributed by atoms with Crippen molar-refractivity contribution in [2.24, 2.45) is 0 Å². The number of nitrogens with zero attached hydrogens (tertiary/aromatic N) is 1. The van der Waals surface area contributed by atoms with Crippen LogP contribution in [0, 0.1) is 6.92 Å². The number of halogens is 1. The molecule has 3 N–H and O–H groups in total. The second-order valence-electron chi connectivity index (χ2n) is 5.28. The third-order valence-corrected chi connectivity index (χ3v) is 4.54. The van der Waals surface area contributed by atoms with E-state index in [1.54, 1.807) is 36.5 Å². The van der Waals surface area contributed by atoms with Gasteiger partial charge in [-0.3, -0.25) is 4.79 Å². The van der Waals surface area contributed by atoms with E-state index in [9.17, 15) is 9.59 Å². The molecule has 0 aliphatic heterocycles. The minimum absolute atomic E-state index is 0.181. The summed E-state index contributed by atoms with van der Waals surface area (Å²) < 4.78 is 5.02. The molecule has 0 spiro atoms. The largest absolute Gasteiger partial charge is 0.459 e. The lowest BCUT2D eigenvalue weighted by Crippen LogP contribution is -2.27. The number of nitrogens with one attached hydrogen (secondary N) is 3. The van der Waals surface area contributed by atoms with Gasteiger partial charge in [-0.15, -0.1) is 11.3 Å². The van der Waals surface area contributed by atoms with Crippen molar-refractivity contribution in [3.05, 3.63) is 63.5 Å². The summed E-state index contributed by atoms with van der Waals surface area (Å²) >= 11 is 7.69. The van der Waals surface area contributed by atoms with E-state index in [0.717, 1.165) is 9.88 Å². The Kier molecular flexibility index (Phi) is 5.55. The smallest absolute Gasteiger partial charge is 0.319 e. The molecule has 7 nitrogen and oxygen atoms in total. The fourth-order valence-corrected chi connectivity index (χ4v) is 3.08. The molecule has 3 rings (SSSR count). The molecular formula is C17H15ClN4O3S. The van der Waals surface area contributed by atoms with Crippen LogP contribution in [0.1, 0.15) is 20.4 Å². The molecule has 9 heteroatoms. The molecule has 134 valence electrons. The zero-order valence-corrected chi connectivity index (χ0v) is 15.3. The summed E-state index contributed by atoms with van der Waals surface area (Å²) in [4.78, 5) is 29.0. The number of carbonyl (C=O) groups is 2. The Bertz CT molecular complexity index is 924. The van der Waals surface area contributed by atoms with Gasteiger partial charge in [0.2, 0.25) is 0 Å². The Morgan fingerprint density at radius 1 is 1.27 bits per heavy atom. The van der Waals surface area contributed by atoms with Gasteiger partial charge in [0.05, 0.1) is 28.5 Å². The van der Waals surface area contributed by atoms with Gasteiger partial charge in [0.25, 0.3) is 5.91 Å².